The van der Waals surface area contributed by atoms with Crippen LogP contribution in [0.1, 0.15) is 45.7 Å². The van der Waals surface area contributed by atoms with Gasteiger partial charge in [0.05, 0.1) is 12.7 Å². The van der Waals surface area contributed by atoms with Crippen LogP contribution in [0.15, 0.2) is 6.20 Å². The predicted octanol–water partition coefficient (Wildman–Crippen LogP) is 1.74. The van der Waals surface area contributed by atoms with Crippen LogP contribution in [-0.2, 0) is 17.9 Å². The fourth-order valence-corrected chi connectivity index (χ4v) is 1.50. The van der Waals surface area contributed by atoms with Crippen molar-refractivity contribution in [2.24, 2.45) is 5.92 Å². The summed E-state index contributed by atoms with van der Waals surface area (Å²) in [7, 11) is 0. The maximum absolute atomic E-state index is 11.1. The Hall–Kier alpha value is -1.39. The number of aryl methyl sites for hydroxylation is 1. The number of aromatic nitrogens is 3. The summed E-state index contributed by atoms with van der Waals surface area (Å²) < 4.78 is 1.84. The first-order valence-corrected chi connectivity index (χ1v) is 6.27. The van der Waals surface area contributed by atoms with Gasteiger partial charge in [0.25, 0.3) is 0 Å². The van der Waals surface area contributed by atoms with Gasteiger partial charge in [0.1, 0.15) is 5.69 Å². The van der Waals surface area contributed by atoms with E-state index in [1.165, 1.54) is 6.42 Å². The number of carbonyl (C=O) groups excluding carboxylic acids is 1. The Morgan fingerprint density at radius 2 is 2.29 bits per heavy atom. The number of nitrogens with one attached hydrogen (secondary N) is 1. The first-order chi connectivity index (χ1) is 8.11. The van der Waals surface area contributed by atoms with E-state index in [1.807, 2.05) is 17.8 Å². The molecular weight excluding hydrogens is 216 g/mol. The van der Waals surface area contributed by atoms with Crippen LogP contribution >= 0.6 is 0 Å². The molecule has 0 saturated heterocycles. The third kappa shape index (κ3) is 5.47. The number of nitrogens with zero attached hydrogens (tertiary/aromatic N) is 3. The molecular formula is C12H22N4O. The fourth-order valence-electron chi connectivity index (χ4n) is 1.50. The third-order valence-corrected chi connectivity index (χ3v) is 2.54. The fraction of sp³-hybridized carbons (Fsp3) is 0.750. The predicted molar refractivity (Wildman–Crippen MR) is 66.2 cm³/mol. The summed E-state index contributed by atoms with van der Waals surface area (Å²) in [5.41, 5.74) is 0.816. The van der Waals surface area contributed by atoms with Gasteiger partial charge in [0, 0.05) is 13.0 Å². The van der Waals surface area contributed by atoms with Gasteiger partial charge in [0.15, 0.2) is 0 Å². The van der Waals surface area contributed by atoms with Gasteiger partial charge in [-0.1, -0.05) is 26.0 Å². The highest BCUT2D eigenvalue weighted by molar-refractivity contribution is 5.75. The molecule has 0 aromatic carbocycles. The molecule has 96 valence electrons. The summed E-state index contributed by atoms with van der Waals surface area (Å²) in [4.78, 5) is 11.1. The molecule has 1 rings (SSSR count). The summed E-state index contributed by atoms with van der Waals surface area (Å²) in [6, 6.07) is 0. The molecule has 1 N–H and O–H groups in total. The topological polar surface area (TPSA) is 59.8 Å². The molecule has 0 aliphatic carbocycles. The number of carbonyl (C=O) groups is 1. The Bertz CT molecular complexity index is 346. The standard InChI is InChI=1S/C12H22N4O/c1-4-12(17)13-8-11-9-16(15-14-11)7-5-6-10(2)3/h9-10H,4-8H2,1-3H3,(H,13,17). The van der Waals surface area contributed by atoms with E-state index in [0.29, 0.717) is 13.0 Å². The Morgan fingerprint density at radius 3 is 2.94 bits per heavy atom. The van der Waals surface area contributed by atoms with Crippen LogP contribution < -0.4 is 5.32 Å². The second-order valence-electron chi connectivity index (χ2n) is 4.64. The third-order valence-electron chi connectivity index (χ3n) is 2.54. The van der Waals surface area contributed by atoms with Crippen LogP contribution in [0.5, 0.6) is 0 Å². The molecule has 1 aromatic rings. The van der Waals surface area contributed by atoms with Gasteiger partial charge in [-0.3, -0.25) is 9.48 Å². The number of hydrogen-bond donors (Lipinski definition) is 1. The quantitative estimate of drug-likeness (QED) is 0.787. The Balaban J connectivity index is 2.30. The number of rotatable bonds is 7. The molecule has 0 radical (unpaired) electrons. The lowest BCUT2D eigenvalue weighted by Crippen LogP contribution is -2.21. The Kier molecular flexibility index (Phi) is 5.66. The van der Waals surface area contributed by atoms with Gasteiger partial charge in [0.2, 0.25) is 5.91 Å². The lowest BCUT2D eigenvalue weighted by molar-refractivity contribution is -0.120. The van der Waals surface area contributed by atoms with Crippen molar-refractivity contribution in [1.82, 2.24) is 20.3 Å². The van der Waals surface area contributed by atoms with E-state index >= 15 is 0 Å². The van der Waals surface area contributed by atoms with Crippen LogP contribution in [0, 0.1) is 5.92 Å². The monoisotopic (exact) mass is 238 g/mol. The molecule has 0 aliphatic rings. The van der Waals surface area contributed by atoms with E-state index in [2.05, 4.69) is 29.5 Å². The maximum Gasteiger partial charge on any atom is 0.220 e. The minimum atomic E-state index is 0.0411. The molecule has 5 heteroatoms. The van der Waals surface area contributed by atoms with Crippen molar-refractivity contribution in [2.75, 3.05) is 0 Å². The van der Waals surface area contributed by atoms with Gasteiger partial charge in [-0.2, -0.15) is 0 Å². The molecule has 0 atom stereocenters. The van der Waals surface area contributed by atoms with Crippen LogP contribution in [0.4, 0.5) is 0 Å². The zero-order valence-electron chi connectivity index (χ0n) is 10.9. The molecule has 0 fully saturated rings. The van der Waals surface area contributed by atoms with E-state index in [9.17, 15) is 4.79 Å². The molecule has 1 heterocycles. The second-order valence-corrected chi connectivity index (χ2v) is 4.64. The van der Waals surface area contributed by atoms with Gasteiger partial charge in [-0.25, -0.2) is 0 Å². The Labute approximate surface area is 103 Å². The van der Waals surface area contributed by atoms with Gasteiger partial charge in [-0.05, 0) is 18.8 Å². The summed E-state index contributed by atoms with van der Waals surface area (Å²) in [6.07, 6.45) is 4.71. The van der Waals surface area contributed by atoms with Crippen LogP contribution in [-0.4, -0.2) is 20.9 Å². The van der Waals surface area contributed by atoms with Crippen molar-refractivity contribution in [3.63, 3.8) is 0 Å². The van der Waals surface area contributed by atoms with Crippen LogP contribution in [0.25, 0.3) is 0 Å². The molecule has 0 spiro atoms. The first-order valence-electron chi connectivity index (χ1n) is 6.27. The van der Waals surface area contributed by atoms with E-state index in [-0.39, 0.29) is 5.91 Å². The lowest BCUT2D eigenvalue weighted by atomic mass is 10.1. The van der Waals surface area contributed by atoms with Crippen molar-refractivity contribution < 1.29 is 4.79 Å². The van der Waals surface area contributed by atoms with E-state index < -0.39 is 0 Å². The summed E-state index contributed by atoms with van der Waals surface area (Å²) >= 11 is 0. The van der Waals surface area contributed by atoms with Crippen molar-refractivity contribution in [3.8, 4) is 0 Å². The van der Waals surface area contributed by atoms with Crippen molar-refractivity contribution in [2.45, 2.75) is 53.1 Å². The molecule has 0 bridgehead atoms. The smallest absolute Gasteiger partial charge is 0.220 e. The summed E-state index contributed by atoms with van der Waals surface area (Å²) in [6.45, 7) is 7.63. The number of hydrogen-bond acceptors (Lipinski definition) is 3. The van der Waals surface area contributed by atoms with Crippen LogP contribution in [0.3, 0.4) is 0 Å². The normalized spacial score (nSPS) is 10.8. The molecule has 5 nitrogen and oxygen atoms in total. The highest BCUT2D eigenvalue weighted by Crippen LogP contribution is 2.05. The lowest BCUT2D eigenvalue weighted by Gasteiger charge is -2.03. The highest BCUT2D eigenvalue weighted by Gasteiger charge is 2.03. The molecule has 1 aromatic heterocycles. The van der Waals surface area contributed by atoms with Crippen LogP contribution in [0.2, 0.25) is 0 Å². The molecule has 0 aliphatic heterocycles. The minimum Gasteiger partial charge on any atom is -0.350 e. The van der Waals surface area contributed by atoms with E-state index in [1.54, 1.807) is 0 Å². The summed E-state index contributed by atoms with van der Waals surface area (Å²) in [5, 5.41) is 10.8. The minimum absolute atomic E-state index is 0.0411. The summed E-state index contributed by atoms with van der Waals surface area (Å²) in [5.74, 6) is 0.765. The zero-order chi connectivity index (χ0) is 12.7. The van der Waals surface area contributed by atoms with Gasteiger partial charge >= 0.3 is 0 Å². The molecule has 1 amide bonds. The molecule has 0 unspecified atom stereocenters. The highest BCUT2D eigenvalue weighted by atomic mass is 16.1. The number of amides is 1. The average Bonchev–Trinajstić information content (AvgIpc) is 2.73. The maximum atomic E-state index is 11.1. The van der Waals surface area contributed by atoms with E-state index in [4.69, 9.17) is 0 Å². The first kappa shape index (κ1) is 13.7. The van der Waals surface area contributed by atoms with Gasteiger partial charge in [-0.15, -0.1) is 5.10 Å². The second kappa shape index (κ2) is 7.04. The van der Waals surface area contributed by atoms with E-state index in [0.717, 1.165) is 24.6 Å². The molecule has 0 saturated carbocycles. The van der Waals surface area contributed by atoms with Crippen molar-refractivity contribution in [3.05, 3.63) is 11.9 Å². The Morgan fingerprint density at radius 1 is 1.53 bits per heavy atom. The van der Waals surface area contributed by atoms with Gasteiger partial charge < -0.3 is 5.32 Å². The molecule has 17 heavy (non-hydrogen) atoms. The SMILES string of the molecule is CCC(=O)NCc1cn(CCCC(C)C)nn1. The average molecular weight is 238 g/mol. The zero-order valence-corrected chi connectivity index (χ0v) is 10.9. The largest absolute Gasteiger partial charge is 0.350 e. The van der Waals surface area contributed by atoms with Crippen molar-refractivity contribution in [1.29, 1.82) is 0 Å². The van der Waals surface area contributed by atoms with Crippen molar-refractivity contribution >= 4 is 5.91 Å².